The second kappa shape index (κ2) is 10.7. The summed E-state index contributed by atoms with van der Waals surface area (Å²) < 4.78 is 11.0. The molecule has 1 aliphatic heterocycles. The summed E-state index contributed by atoms with van der Waals surface area (Å²) in [5, 5.41) is 11.2. The van der Waals surface area contributed by atoms with Gasteiger partial charge in [0.2, 0.25) is 5.91 Å². The minimum Gasteiger partial charge on any atom is -0.493 e. The molecule has 33 heavy (non-hydrogen) atoms. The number of hydrogen-bond donors (Lipinski definition) is 2. The van der Waals surface area contributed by atoms with Gasteiger partial charge in [0.15, 0.2) is 18.1 Å². The molecule has 3 amide bonds. The van der Waals surface area contributed by atoms with Crippen LogP contribution in [-0.2, 0) is 14.4 Å². The number of carboxylic acid groups (broad SMARTS) is 1. The fourth-order valence-electron chi connectivity index (χ4n) is 2.74. The van der Waals surface area contributed by atoms with Crippen LogP contribution in [0.5, 0.6) is 11.5 Å². The summed E-state index contributed by atoms with van der Waals surface area (Å²) in [7, 11) is 1.39. The summed E-state index contributed by atoms with van der Waals surface area (Å²) in [6, 6.07) is 9.43. The number of imide groups is 1. The molecule has 2 N–H and O–H groups in total. The van der Waals surface area contributed by atoms with Crippen LogP contribution >= 0.6 is 39.3 Å². The number of carbonyl (C=O) groups excluding carboxylic acids is 3. The Kier molecular flexibility index (Phi) is 8.01. The van der Waals surface area contributed by atoms with Crippen LogP contribution in [0.4, 0.5) is 10.5 Å². The Hall–Kier alpha value is -3.02. The van der Waals surface area contributed by atoms with Crippen molar-refractivity contribution in [1.82, 2.24) is 4.90 Å². The van der Waals surface area contributed by atoms with E-state index in [0.717, 1.165) is 4.90 Å². The number of amides is 3. The van der Waals surface area contributed by atoms with E-state index in [2.05, 4.69) is 21.2 Å². The maximum Gasteiger partial charge on any atom is 0.341 e. The van der Waals surface area contributed by atoms with Gasteiger partial charge in [-0.15, -0.1) is 0 Å². The van der Waals surface area contributed by atoms with E-state index in [1.807, 2.05) is 0 Å². The Labute approximate surface area is 205 Å². The van der Waals surface area contributed by atoms with Gasteiger partial charge in [-0.3, -0.25) is 19.3 Å². The van der Waals surface area contributed by atoms with Crippen LogP contribution < -0.4 is 14.8 Å². The van der Waals surface area contributed by atoms with Crippen molar-refractivity contribution in [3.05, 3.63) is 56.4 Å². The van der Waals surface area contributed by atoms with Gasteiger partial charge in [0.05, 0.1) is 17.0 Å². The third kappa shape index (κ3) is 6.28. The van der Waals surface area contributed by atoms with Crippen molar-refractivity contribution in [2.45, 2.75) is 0 Å². The molecule has 2 aromatic rings. The van der Waals surface area contributed by atoms with E-state index < -0.39 is 36.2 Å². The highest BCUT2D eigenvalue weighted by atomic mass is 79.9. The quantitative estimate of drug-likeness (QED) is 0.464. The molecule has 1 aliphatic rings. The van der Waals surface area contributed by atoms with Crippen LogP contribution in [0, 0.1) is 0 Å². The topological polar surface area (TPSA) is 122 Å². The Morgan fingerprint density at radius 1 is 1.21 bits per heavy atom. The Bertz CT molecular complexity index is 1170. The average molecular weight is 556 g/mol. The van der Waals surface area contributed by atoms with E-state index in [9.17, 15) is 19.2 Å². The molecule has 0 atom stereocenters. The molecule has 2 aromatic carbocycles. The third-order valence-corrected chi connectivity index (χ3v) is 6.36. The van der Waals surface area contributed by atoms with Crippen molar-refractivity contribution in [3.8, 4) is 11.5 Å². The number of carboxylic acids is 1. The normalized spacial score (nSPS) is 14.5. The Morgan fingerprint density at radius 3 is 2.64 bits per heavy atom. The number of carbonyl (C=O) groups is 4. The summed E-state index contributed by atoms with van der Waals surface area (Å²) >= 11 is 9.96. The lowest BCUT2D eigenvalue weighted by Gasteiger charge is -2.13. The molecule has 0 aliphatic carbocycles. The molecule has 0 aromatic heterocycles. The van der Waals surface area contributed by atoms with E-state index in [4.69, 9.17) is 26.2 Å². The van der Waals surface area contributed by atoms with E-state index in [-0.39, 0.29) is 16.4 Å². The van der Waals surface area contributed by atoms with Gasteiger partial charge >= 0.3 is 5.97 Å². The molecule has 0 bridgehead atoms. The number of ether oxygens (including phenoxy) is 2. The standard InChI is InChI=1S/C21H16BrClN2O7S/c1-31-16-6-11(2-5-15(16)32-10-19(27)28)7-17-20(29)25(21(30)33-17)9-18(26)24-12-3-4-13(22)14(23)8-12/h2-8H,9-10H2,1H3,(H,24,26)(H,27,28)/b17-7+. The molecular formula is C21H16BrClN2O7S. The fourth-order valence-corrected chi connectivity index (χ4v) is 4.00. The van der Waals surface area contributed by atoms with Gasteiger partial charge in [-0.1, -0.05) is 17.7 Å². The van der Waals surface area contributed by atoms with Gasteiger partial charge in [-0.05, 0) is 69.7 Å². The number of nitrogens with one attached hydrogen (secondary N) is 1. The maximum absolute atomic E-state index is 12.7. The van der Waals surface area contributed by atoms with Gasteiger partial charge in [0.1, 0.15) is 6.54 Å². The highest BCUT2D eigenvalue weighted by Gasteiger charge is 2.36. The smallest absolute Gasteiger partial charge is 0.341 e. The van der Waals surface area contributed by atoms with Gasteiger partial charge in [-0.25, -0.2) is 4.79 Å². The number of thioether (sulfide) groups is 1. The van der Waals surface area contributed by atoms with Crippen molar-refractivity contribution in [2.24, 2.45) is 0 Å². The van der Waals surface area contributed by atoms with E-state index >= 15 is 0 Å². The zero-order chi connectivity index (χ0) is 24.1. The monoisotopic (exact) mass is 554 g/mol. The number of halogens is 2. The van der Waals surface area contributed by atoms with E-state index in [1.54, 1.807) is 18.2 Å². The van der Waals surface area contributed by atoms with Gasteiger partial charge in [0.25, 0.3) is 11.1 Å². The zero-order valence-corrected chi connectivity index (χ0v) is 20.1. The van der Waals surface area contributed by atoms with Crippen molar-refractivity contribution in [2.75, 3.05) is 25.6 Å². The van der Waals surface area contributed by atoms with Crippen molar-refractivity contribution in [1.29, 1.82) is 0 Å². The molecule has 1 fully saturated rings. The predicted molar refractivity (Wildman–Crippen MR) is 127 cm³/mol. The Balaban J connectivity index is 1.70. The minimum absolute atomic E-state index is 0.126. The first-order chi connectivity index (χ1) is 15.7. The first kappa shape index (κ1) is 24.6. The Morgan fingerprint density at radius 2 is 1.97 bits per heavy atom. The lowest BCUT2D eigenvalue weighted by Crippen LogP contribution is -2.36. The second-order valence-corrected chi connectivity index (χ2v) is 8.79. The first-order valence-electron chi connectivity index (χ1n) is 9.21. The molecule has 1 heterocycles. The highest BCUT2D eigenvalue weighted by Crippen LogP contribution is 2.34. The zero-order valence-electron chi connectivity index (χ0n) is 17.0. The van der Waals surface area contributed by atoms with Crippen molar-refractivity contribution in [3.63, 3.8) is 0 Å². The van der Waals surface area contributed by atoms with Crippen LogP contribution in [0.15, 0.2) is 45.8 Å². The van der Waals surface area contributed by atoms with Crippen molar-refractivity contribution >= 4 is 74.1 Å². The maximum atomic E-state index is 12.7. The molecule has 0 spiro atoms. The van der Waals surface area contributed by atoms with Crippen LogP contribution in [0.25, 0.3) is 6.08 Å². The minimum atomic E-state index is -1.14. The molecule has 1 saturated heterocycles. The number of hydrogen-bond acceptors (Lipinski definition) is 7. The number of nitrogens with zero attached hydrogens (tertiary/aromatic N) is 1. The largest absolute Gasteiger partial charge is 0.493 e. The van der Waals surface area contributed by atoms with Crippen LogP contribution in [0.1, 0.15) is 5.56 Å². The summed E-state index contributed by atoms with van der Waals surface area (Å²) in [4.78, 5) is 49.0. The summed E-state index contributed by atoms with van der Waals surface area (Å²) in [6.45, 7) is -0.996. The molecule has 172 valence electrons. The van der Waals surface area contributed by atoms with Crippen LogP contribution in [0.2, 0.25) is 5.02 Å². The number of methoxy groups -OCH3 is 1. The molecule has 12 heteroatoms. The van der Waals surface area contributed by atoms with E-state index in [0.29, 0.717) is 32.5 Å². The fraction of sp³-hybridized carbons (Fsp3) is 0.143. The lowest BCUT2D eigenvalue weighted by atomic mass is 10.2. The summed E-state index contributed by atoms with van der Waals surface area (Å²) in [5.74, 6) is -1.83. The number of aliphatic carboxylic acids is 1. The first-order valence-corrected chi connectivity index (χ1v) is 11.2. The van der Waals surface area contributed by atoms with Crippen LogP contribution in [-0.4, -0.2) is 53.3 Å². The third-order valence-electron chi connectivity index (χ3n) is 4.22. The summed E-state index contributed by atoms with van der Waals surface area (Å²) in [5.41, 5.74) is 0.946. The molecule has 0 saturated carbocycles. The number of anilines is 1. The van der Waals surface area contributed by atoms with E-state index in [1.165, 1.54) is 31.4 Å². The van der Waals surface area contributed by atoms with Gasteiger partial charge in [-0.2, -0.15) is 0 Å². The second-order valence-electron chi connectivity index (χ2n) is 6.54. The number of rotatable bonds is 8. The molecule has 3 rings (SSSR count). The van der Waals surface area contributed by atoms with Crippen molar-refractivity contribution < 1.29 is 33.8 Å². The SMILES string of the molecule is COc1cc(/C=C2/SC(=O)N(CC(=O)Nc3ccc(Br)c(Cl)c3)C2=O)ccc1OCC(=O)O. The molecule has 0 unspecified atom stereocenters. The average Bonchev–Trinajstić information content (AvgIpc) is 3.02. The van der Waals surface area contributed by atoms with Gasteiger partial charge in [0, 0.05) is 10.2 Å². The summed E-state index contributed by atoms with van der Waals surface area (Å²) in [6.07, 6.45) is 1.47. The predicted octanol–water partition coefficient (Wildman–Crippen LogP) is 4.25. The van der Waals surface area contributed by atoms with Crippen LogP contribution in [0.3, 0.4) is 0 Å². The lowest BCUT2D eigenvalue weighted by molar-refractivity contribution is -0.139. The van der Waals surface area contributed by atoms with Gasteiger partial charge < -0.3 is 19.9 Å². The highest BCUT2D eigenvalue weighted by molar-refractivity contribution is 9.10. The molecule has 9 nitrogen and oxygen atoms in total. The molecular weight excluding hydrogens is 540 g/mol. The number of benzene rings is 2. The molecule has 0 radical (unpaired) electrons.